The minimum absolute atomic E-state index is 0.0637. The number of hydrogen-bond acceptors (Lipinski definition) is 3. The molecule has 20 heavy (non-hydrogen) atoms. The van der Waals surface area contributed by atoms with E-state index >= 15 is 0 Å². The van der Waals surface area contributed by atoms with Gasteiger partial charge in [0.25, 0.3) is 5.91 Å². The van der Waals surface area contributed by atoms with Crippen LogP contribution in [0.3, 0.4) is 0 Å². The predicted octanol–water partition coefficient (Wildman–Crippen LogP) is 1.63. The highest BCUT2D eigenvalue weighted by molar-refractivity contribution is 5.95. The Morgan fingerprint density at radius 2 is 1.75 bits per heavy atom. The molecule has 0 radical (unpaired) electrons. The molecule has 108 valence electrons. The van der Waals surface area contributed by atoms with Crippen LogP contribution in [-0.4, -0.2) is 29.4 Å². The third-order valence-electron chi connectivity index (χ3n) is 2.53. The SMILES string of the molecule is CCCC(=O)Nc1ccc(C(=O)NCCC(=O)O)cc1. The molecule has 0 bridgehead atoms. The molecule has 0 atom stereocenters. The number of benzene rings is 1. The fourth-order valence-corrected chi connectivity index (χ4v) is 1.54. The summed E-state index contributed by atoms with van der Waals surface area (Å²) >= 11 is 0. The molecule has 0 aliphatic heterocycles. The second kappa shape index (κ2) is 7.93. The average molecular weight is 278 g/mol. The van der Waals surface area contributed by atoms with E-state index in [0.29, 0.717) is 17.7 Å². The lowest BCUT2D eigenvalue weighted by atomic mass is 10.2. The first kappa shape index (κ1) is 15.7. The first-order chi connectivity index (χ1) is 9.52. The van der Waals surface area contributed by atoms with Crippen LogP contribution in [-0.2, 0) is 9.59 Å². The molecule has 1 aromatic carbocycles. The number of carbonyl (C=O) groups excluding carboxylic acids is 2. The Hall–Kier alpha value is -2.37. The summed E-state index contributed by atoms with van der Waals surface area (Å²) < 4.78 is 0. The van der Waals surface area contributed by atoms with Crippen LogP contribution < -0.4 is 10.6 Å². The fourth-order valence-electron chi connectivity index (χ4n) is 1.54. The van der Waals surface area contributed by atoms with Gasteiger partial charge in [-0.3, -0.25) is 14.4 Å². The van der Waals surface area contributed by atoms with Crippen LogP contribution in [0.5, 0.6) is 0 Å². The maximum absolute atomic E-state index is 11.7. The van der Waals surface area contributed by atoms with Crippen molar-refractivity contribution in [2.45, 2.75) is 26.2 Å². The van der Waals surface area contributed by atoms with E-state index in [1.807, 2.05) is 6.92 Å². The zero-order valence-electron chi connectivity index (χ0n) is 11.3. The number of nitrogens with one attached hydrogen (secondary N) is 2. The lowest BCUT2D eigenvalue weighted by molar-refractivity contribution is -0.136. The monoisotopic (exact) mass is 278 g/mol. The molecule has 0 spiro atoms. The van der Waals surface area contributed by atoms with E-state index in [4.69, 9.17) is 5.11 Å². The van der Waals surface area contributed by atoms with Crippen molar-refractivity contribution in [2.75, 3.05) is 11.9 Å². The number of hydrogen-bond donors (Lipinski definition) is 3. The van der Waals surface area contributed by atoms with Crippen molar-refractivity contribution in [1.82, 2.24) is 5.32 Å². The third-order valence-corrected chi connectivity index (χ3v) is 2.53. The van der Waals surface area contributed by atoms with E-state index in [1.54, 1.807) is 24.3 Å². The molecule has 1 rings (SSSR count). The second-order valence-corrected chi connectivity index (χ2v) is 4.28. The number of anilines is 1. The summed E-state index contributed by atoms with van der Waals surface area (Å²) in [6, 6.07) is 6.44. The molecule has 0 saturated carbocycles. The Labute approximate surface area is 117 Å². The predicted molar refractivity (Wildman–Crippen MR) is 74.6 cm³/mol. The van der Waals surface area contributed by atoms with Gasteiger partial charge in [-0.15, -0.1) is 0 Å². The van der Waals surface area contributed by atoms with Crippen LogP contribution in [0.2, 0.25) is 0 Å². The molecular formula is C14H18N2O4. The Morgan fingerprint density at radius 1 is 1.10 bits per heavy atom. The van der Waals surface area contributed by atoms with Gasteiger partial charge in [0.2, 0.25) is 5.91 Å². The normalized spacial score (nSPS) is 9.85. The van der Waals surface area contributed by atoms with Gasteiger partial charge in [0, 0.05) is 24.2 Å². The van der Waals surface area contributed by atoms with Gasteiger partial charge in [0.15, 0.2) is 0 Å². The van der Waals surface area contributed by atoms with Crippen molar-refractivity contribution < 1.29 is 19.5 Å². The topological polar surface area (TPSA) is 95.5 Å². The summed E-state index contributed by atoms with van der Waals surface area (Å²) in [7, 11) is 0. The van der Waals surface area contributed by atoms with Crippen LogP contribution in [0.15, 0.2) is 24.3 Å². The fraction of sp³-hybridized carbons (Fsp3) is 0.357. The van der Waals surface area contributed by atoms with Gasteiger partial charge in [-0.05, 0) is 30.7 Å². The highest BCUT2D eigenvalue weighted by Gasteiger charge is 2.06. The molecule has 0 saturated heterocycles. The maximum atomic E-state index is 11.7. The first-order valence-corrected chi connectivity index (χ1v) is 6.43. The highest BCUT2D eigenvalue weighted by Crippen LogP contribution is 2.10. The highest BCUT2D eigenvalue weighted by atomic mass is 16.4. The van der Waals surface area contributed by atoms with E-state index in [0.717, 1.165) is 6.42 Å². The molecule has 0 heterocycles. The van der Waals surface area contributed by atoms with Gasteiger partial charge in [0.05, 0.1) is 6.42 Å². The van der Waals surface area contributed by atoms with Gasteiger partial charge < -0.3 is 15.7 Å². The van der Waals surface area contributed by atoms with Crippen LogP contribution in [0.25, 0.3) is 0 Å². The van der Waals surface area contributed by atoms with Gasteiger partial charge in [0.1, 0.15) is 0 Å². The minimum Gasteiger partial charge on any atom is -0.481 e. The van der Waals surface area contributed by atoms with Gasteiger partial charge in [-0.1, -0.05) is 6.92 Å². The van der Waals surface area contributed by atoms with E-state index in [2.05, 4.69) is 10.6 Å². The van der Waals surface area contributed by atoms with E-state index in [9.17, 15) is 14.4 Å². The molecular weight excluding hydrogens is 260 g/mol. The zero-order valence-corrected chi connectivity index (χ0v) is 11.3. The number of carbonyl (C=O) groups is 3. The quantitative estimate of drug-likeness (QED) is 0.706. The first-order valence-electron chi connectivity index (χ1n) is 6.43. The van der Waals surface area contributed by atoms with Crippen molar-refractivity contribution in [3.8, 4) is 0 Å². The second-order valence-electron chi connectivity index (χ2n) is 4.28. The molecule has 0 aliphatic carbocycles. The molecule has 0 unspecified atom stereocenters. The smallest absolute Gasteiger partial charge is 0.305 e. The summed E-state index contributed by atoms with van der Waals surface area (Å²) in [6.07, 6.45) is 1.12. The molecule has 3 N–H and O–H groups in total. The Kier molecular flexibility index (Phi) is 6.22. The van der Waals surface area contributed by atoms with Gasteiger partial charge >= 0.3 is 5.97 Å². The van der Waals surface area contributed by atoms with E-state index < -0.39 is 5.97 Å². The van der Waals surface area contributed by atoms with Crippen LogP contribution in [0, 0.1) is 0 Å². The van der Waals surface area contributed by atoms with Crippen molar-refractivity contribution in [1.29, 1.82) is 0 Å². The summed E-state index contributed by atoms with van der Waals surface area (Å²) in [5, 5.41) is 13.7. The van der Waals surface area contributed by atoms with E-state index in [1.165, 1.54) is 0 Å². The Morgan fingerprint density at radius 3 is 2.30 bits per heavy atom. The third kappa shape index (κ3) is 5.51. The Bertz CT molecular complexity index is 482. The van der Waals surface area contributed by atoms with Crippen LogP contribution in [0.1, 0.15) is 36.5 Å². The summed E-state index contributed by atoms with van der Waals surface area (Å²) in [6.45, 7) is 2.01. The number of carboxylic acid groups (broad SMARTS) is 1. The number of amides is 2. The van der Waals surface area contributed by atoms with Crippen LogP contribution in [0.4, 0.5) is 5.69 Å². The van der Waals surface area contributed by atoms with Crippen molar-refractivity contribution >= 4 is 23.5 Å². The minimum atomic E-state index is -0.959. The lowest BCUT2D eigenvalue weighted by Crippen LogP contribution is -2.25. The lowest BCUT2D eigenvalue weighted by Gasteiger charge is -2.06. The summed E-state index contributed by atoms with van der Waals surface area (Å²) in [5.74, 6) is -1.36. The van der Waals surface area contributed by atoms with Crippen molar-refractivity contribution in [3.63, 3.8) is 0 Å². The molecule has 6 nitrogen and oxygen atoms in total. The largest absolute Gasteiger partial charge is 0.481 e. The molecule has 6 heteroatoms. The maximum Gasteiger partial charge on any atom is 0.305 e. The molecule has 0 aliphatic rings. The Balaban J connectivity index is 2.51. The molecule has 0 fully saturated rings. The van der Waals surface area contributed by atoms with Gasteiger partial charge in [-0.2, -0.15) is 0 Å². The zero-order chi connectivity index (χ0) is 15.0. The summed E-state index contributed by atoms with van der Waals surface area (Å²) in [4.78, 5) is 33.4. The number of carboxylic acids is 1. The van der Waals surface area contributed by atoms with Crippen molar-refractivity contribution in [3.05, 3.63) is 29.8 Å². The number of rotatable bonds is 7. The molecule has 1 aromatic rings. The van der Waals surface area contributed by atoms with Gasteiger partial charge in [-0.25, -0.2) is 0 Å². The standard InChI is InChI=1S/C14H18N2O4/c1-2-3-12(17)16-11-6-4-10(5-7-11)14(20)15-9-8-13(18)19/h4-7H,2-3,8-9H2,1H3,(H,15,20)(H,16,17)(H,18,19). The van der Waals surface area contributed by atoms with Crippen molar-refractivity contribution in [2.24, 2.45) is 0 Å². The summed E-state index contributed by atoms with van der Waals surface area (Å²) in [5.41, 5.74) is 1.05. The van der Waals surface area contributed by atoms with E-state index in [-0.39, 0.29) is 24.8 Å². The molecule has 0 aromatic heterocycles. The van der Waals surface area contributed by atoms with Crippen LogP contribution >= 0.6 is 0 Å². The molecule has 2 amide bonds. The average Bonchev–Trinajstić information content (AvgIpc) is 2.39. The number of aliphatic carboxylic acids is 1.